The van der Waals surface area contributed by atoms with Crippen LogP contribution in [0.1, 0.15) is 22.3 Å². The van der Waals surface area contributed by atoms with Crippen LogP contribution in [0.25, 0.3) is 0 Å². The molecule has 1 amide bonds. The number of nitro groups is 2. The summed E-state index contributed by atoms with van der Waals surface area (Å²) in [4.78, 5) is 34.0. The van der Waals surface area contributed by atoms with Crippen LogP contribution in [0.4, 0.5) is 17.1 Å². The molecule has 0 spiro atoms. The molecule has 0 aliphatic heterocycles. The van der Waals surface area contributed by atoms with Gasteiger partial charge in [-0.1, -0.05) is 12.1 Å². The van der Waals surface area contributed by atoms with Crippen molar-refractivity contribution in [3.63, 3.8) is 0 Å². The zero-order valence-electron chi connectivity index (χ0n) is 14.2. The quantitative estimate of drug-likeness (QED) is 0.327. The summed E-state index contributed by atoms with van der Waals surface area (Å²) in [5.74, 6) is -0.155. The van der Waals surface area contributed by atoms with Crippen molar-refractivity contribution < 1.29 is 14.6 Å². The summed E-state index contributed by atoms with van der Waals surface area (Å²) in [7, 11) is 0. The van der Waals surface area contributed by atoms with Crippen LogP contribution in [-0.4, -0.2) is 21.5 Å². The number of nitriles is 1. The van der Waals surface area contributed by atoms with Gasteiger partial charge in [0, 0.05) is 28.7 Å². The number of nitrogens with zero attached hydrogens (tertiary/aromatic N) is 3. The predicted molar refractivity (Wildman–Crippen MR) is 99.8 cm³/mol. The predicted octanol–water partition coefficient (Wildman–Crippen LogP) is 4.07. The van der Waals surface area contributed by atoms with Crippen LogP contribution < -0.4 is 5.32 Å². The number of hydrogen-bond acceptors (Lipinski definition) is 7. The maximum Gasteiger partial charge on any atom is 0.279 e. The molecule has 0 fully saturated rings. The number of carbonyl (C=O) groups excluding carboxylic acids is 1. The van der Waals surface area contributed by atoms with Crippen LogP contribution in [-0.2, 0) is 0 Å². The van der Waals surface area contributed by atoms with Gasteiger partial charge in [-0.15, -0.1) is 11.8 Å². The van der Waals surface area contributed by atoms with Crippen molar-refractivity contribution in [1.82, 2.24) is 0 Å². The highest BCUT2D eigenvalue weighted by molar-refractivity contribution is 7.99. The number of thioether (sulfide) groups is 1. The van der Waals surface area contributed by atoms with Crippen molar-refractivity contribution in [3.8, 4) is 6.07 Å². The zero-order chi connectivity index (χ0) is 20.0. The highest BCUT2D eigenvalue weighted by Gasteiger charge is 2.25. The van der Waals surface area contributed by atoms with Crippen LogP contribution in [0.15, 0.2) is 41.3 Å². The van der Waals surface area contributed by atoms with E-state index in [0.717, 1.165) is 17.0 Å². The largest absolute Gasteiger partial charge is 0.321 e. The summed E-state index contributed by atoms with van der Waals surface area (Å²) in [6.07, 6.45) is 0.336. The third-order valence-corrected chi connectivity index (χ3v) is 4.70. The molecule has 2 rings (SSSR count). The average molecular weight is 386 g/mol. The Morgan fingerprint density at radius 3 is 2.56 bits per heavy atom. The van der Waals surface area contributed by atoms with Gasteiger partial charge in [-0.25, -0.2) is 0 Å². The zero-order valence-corrected chi connectivity index (χ0v) is 15.0. The van der Waals surface area contributed by atoms with Crippen molar-refractivity contribution in [1.29, 1.82) is 5.26 Å². The van der Waals surface area contributed by atoms with Crippen molar-refractivity contribution >= 4 is 34.7 Å². The maximum atomic E-state index is 12.6. The Hall–Kier alpha value is -3.45. The van der Waals surface area contributed by atoms with E-state index in [0.29, 0.717) is 17.9 Å². The summed E-state index contributed by atoms with van der Waals surface area (Å²) in [5.41, 5.74) is -0.676. The van der Waals surface area contributed by atoms with E-state index in [-0.39, 0.29) is 11.1 Å². The minimum atomic E-state index is -0.783. The van der Waals surface area contributed by atoms with Gasteiger partial charge in [0.15, 0.2) is 0 Å². The maximum absolute atomic E-state index is 12.6. The second kappa shape index (κ2) is 8.77. The highest BCUT2D eigenvalue weighted by atomic mass is 32.2. The molecule has 0 aliphatic carbocycles. The van der Waals surface area contributed by atoms with E-state index in [9.17, 15) is 25.0 Å². The molecule has 0 unspecified atom stereocenters. The Morgan fingerprint density at radius 2 is 1.93 bits per heavy atom. The third-order valence-electron chi connectivity index (χ3n) is 3.62. The van der Waals surface area contributed by atoms with Gasteiger partial charge in [-0.3, -0.25) is 25.0 Å². The number of non-ortho nitro benzene ring substituents is 1. The van der Waals surface area contributed by atoms with E-state index in [1.807, 2.05) is 6.07 Å². The third kappa shape index (κ3) is 4.80. The van der Waals surface area contributed by atoms with E-state index < -0.39 is 27.1 Å². The van der Waals surface area contributed by atoms with E-state index >= 15 is 0 Å². The standard InChI is InChI=1S/C17H14N4O5S/c1-11-13(9-12(20(23)24)10-15(11)21(25)26)17(22)19-14-5-2-3-6-16(14)27-8-4-7-18/h2-3,5-6,9-10H,4,8H2,1H3,(H,19,22). The molecule has 2 aromatic rings. The molecule has 0 atom stereocenters. The van der Waals surface area contributed by atoms with E-state index in [4.69, 9.17) is 5.26 Å². The first-order valence-corrected chi connectivity index (χ1v) is 8.67. The van der Waals surface area contributed by atoms with Gasteiger partial charge < -0.3 is 5.32 Å². The molecule has 2 aromatic carbocycles. The molecule has 27 heavy (non-hydrogen) atoms. The summed E-state index contributed by atoms with van der Waals surface area (Å²) in [5, 5.41) is 33.5. The molecule has 10 heteroatoms. The van der Waals surface area contributed by atoms with Crippen molar-refractivity contribution in [2.24, 2.45) is 0 Å². The highest BCUT2D eigenvalue weighted by Crippen LogP contribution is 2.31. The molecule has 0 bridgehead atoms. The van der Waals surface area contributed by atoms with Gasteiger partial charge in [-0.05, 0) is 19.1 Å². The fourth-order valence-electron chi connectivity index (χ4n) is 2.31. The van der Waals surface area contributed by atoms with Crippen molar-refractivity contribution in [2.45, 2.75) is 18.2 Å². The Kier molecular flexibility index (Phi) is 6.46. The van der Waals surface area contributed by atoms with Crippen LogP contribution in [0.3, 0.4) is 0 Å². The summed E-state index contributed by atoms with van der Waals surface area (Å²) in [6, 6.07) is 10.8. The number of rotatable bonds is 7. The molecule has 9 nitrogen and oxygen atoms in total. The van der Waals surface area contributed by atoms with Crippen molar-refractivity contribution in [3.05, 3.63) is 67.8 Å². The minimum absolute atomic E-state index is 0.0396. The topological polar surface area (TPSA) is 139 Å². The first-order chi connectivity index (χ1) is 12.8. The first-order valence-electron chi connectivity index (χ1n) is 7.68. The van der Waals surface area contributed by atoms with Gasteiger partial charge in [-0.2, -0.15) is 5.26 Å². The lowest BCUT2D eigenvalue weighted by Crippen LogP contribution is -2.15. The molecule has 0 heterocycles. The number of anilines is 1. The Morgan fingerprint density at radius 1 is 1.22 bits per heavy atom. The SMILES string of the molecule is Cc1c(C(=O)Nc2ccccc2SCCC#N)cc([N+](=O)[O-])cc1[N+](=O)[O-]. The molecule has 0 aliphatic rings. The molecule has 0 aromatic heterocycles. The van der Waals surface area contributed by atoms with Gasteiger partial charge >= 0.3 is 0 Å². The number of para-hydroxylation sites is 1. The van der Waals surface area contributed by atoms with E-state index in [2.05, 4.69) is 5.32 Å². The van der Waals surface area contributed by atoms with Crippen LogP contribution in [0.5, 0.6) is 0 Å². The summed E-state index contributed by atoms with van der Waals surface area (Å²) < 4.78 is 0. The molecule has 0 radical (unpaired) electrons. The minimum Gasteiger partial charge on any atom is -0.321 e. The molecule has 1 N–H and O–H groups in total. The Labute approximate surface area is 158 Å². The second-order valence-electron chi connectivity index (χ2n) is 5.36. The van der Waals surface area contributed by atoms with Crippen molar-refractivity contribution in [2.75, 3.05) is 11.1 Å². The van der Waals surface area contributed by atoms with Gasteiger partial charge in [0.1, 0.15) is 0 Å². The lowest BCUT2D eigenvalue weighted by molar-refractivity contribution is -0.394. The smallest absolute Gasteiger partial charge is 0.279 e. The van der Waals surface area contributed by atoms with Crippen LogP contribution in [0, 0.1) is 38.5 Å². The van der Waals surface area contributed by atoms with E-state index in [1.165, 1.54) is 18.7 Å². The second-order valence-corrected chi connectivity index (χ2v) is 6.50. The summed E-state index contributed by atoms with van der Waals surface area (Å²) in [6.45, 7) is 1.37. The first kappa shape index (κ1) is 19.9. The Bertz CT molecular complexity index is 955. The van der Waals surface area contributed by atoms with Gasteiger partial charge in [0.25, 0.3) is 17.3 Å². The van der Waals surface area contributed by atoms with Crippen LogP contribution in [0.2, 0.25) is 0 Å². The number of hydrogen-bond donors (Lipinski definition) is 1. The number of carbonyl (C=O) groups is 1. The number of amides is 1. The monoisotopic (exact) mass is 386 g/mol. The van der Waals surface area contributed by atoms with E-state index in [1.54, 1.807) is 24.3 Å². The summed E-state index contributed by atoms with van der Waals surface area (Å²) >= 11 is 1.38. The lowest BCUT2D eigenvalue weighted by Gasteiger charge is -2.11. The molecule has 0 saturated carbocycles. The number of benzene rings is 2. The van der Waals surface area contributed by atoms with Crippen LogP contribution >= 0.6 is 11.8 Å². The number of nitro benzene ring substituents is 2. The van der Waals surface area contributed by atoms with Gasteiger partial charge in [0.2, 0.25) is 0 Å². The normalized spacial score (nSPS) is 10.1. The fraction of sp³-hybridized carbons (Fsp3) is 0.176. The molecule has 0 saturated heterocycles. The molecular formula is C17H14N4O5S. The van der Waals surface area contributed by atoms with Gasteiger partial charge in [0.05, 0.1) is 33.2 Å². The molecular weight excluding hydrogens is 372 g/mol. The Balaban J connectivity index is 2.38. The lowest BCUT2D eigenvalue weighted by atomic mass is 10.0. The fourth-order valence-corrected chi connectivity index (χ4v) is 3.17. The average Bonchev–Trinajstić information content (AvgIpc) is 2.63. The number of nitrogens with one attached hydrogen (secondary N) is 1. The molecule has 138 valence electrons.